The largest absolute Gasteiger partial charge is 0.383 e. The number of hydrogen-bond donors (Lipinski definition) is 1. The summed E-state index contributed by atoms with van der Waals surface area (Å²) in [5, 5.41) is 9.33. The summed E-state index contributed by atoms with van der Waals surface area (Å²) in [6.07, 6.45) is 0. The van der Waals surface area contributed by atoms with Crippen molar-refractivity contribution in [3.05, 3.63) is 46.1 Å². The van der Waals surface area contributed by atoms with Crippen molar-refractivity contribution in [3.63, 3.8) is 0 Å². The first-order chi connectivity index (χ1) is 9.32. The third-order valence-electron chi connectivity index (χ3n) is 3.08. The molecule has 0 saturated heterocycles. The zero-order valence-electron chi connectivity index (χ0n) is 11.7. The van der Waals surface area contributed by atoms with Gasteiger partial charge in [0.25, 0.3) is 0 Å². The van der Waals surface area contributed by atoms with Crippen LogP contribution in [0.4, 0.5) is 5.82 Å². The van der Waals surface area contributed by atoms with E-state index in [0.29, 0.717) is 5.56 Å². The Balaban J connectivity index is 2.70. The second-order valence-corrected chi connectivity index (χ2v) is 6.60. The molecule has 0 saturated carbocycles. The molecule has 20 heavy (non-hydrogen) atoms. The van der Waals surface area contributed by atoms with Gasteiger partial charge in [0.05, 0.1) is 0 Å². The van der Waals surface area contributed by atoms with Crippen LogP contribution in [0.15, 0.2) is 34.8 Å². The zero-order valence-corrected chi connectivity index (χ0v) is 13.3. The molecule has 0 fully saturated rings. The van der Waals surface area contributed by atoms with Gasteiger partial charge in [-0.05, 0) is 23.8 Å². The number of nitrogens with zero attached hydrogens (tertiary/aromatic N) is 2. The first kappa shape index (κ1) is 14.5. The van der Waals surface area contributed by atoms with Gasteiger partial charge in [0.15, 0.2) is 0 Å². The Hall–Kier alpha value is -1.86. The summed E-state index contributed by atoms with van der Waals surface area (Å²) < 4.78 is 0.998. The highest BCUT2D eigenvalue weighted by atomic mass is 79.9. The van der Waals surface area contributed by atoms with E-state index in [1.54, 1.807) is 0 Å². The molecule has 3 nitrogen and oxygen atoms in total. The van der Waals surface area contributed by atoms with Crippen molar-refractivity contribution < 1.29 is 0 Å². The maximum absolute atomic E-state index is 9.33. The van der Waals surface area contributed by atoms with Gasteiger partial charge in [-0.2, -0.15) is 5.26 Å². The molecule has 0 radical (unpaired) electrons. The summed E-state index contributed by atoms with van der Waals surface area (Å²) in [4.78, 5) is 4.36. The van der Waals surface area contributed by atoms with Gasteiger partial charge in [-0.3, -0.25) is 0 Å². The number of halogens is 1. The van der Waals surface area contributed by atoms with Gasteiger partial charge in [0, 0.05) is 21.1 Å². The van der Waals surface area contributed by atoms with E-state index in [-0.39, 0.29) is 11.2 Å². The highest BCUT2D eigenvalue weighted by molar-refractivity contribution is 9.10. The van der Waals surface area contributed by atoms with E-state index in [2.05, 4.69) is 47.8 Å². The van der Waals surface area contributed by atoms with Gasteiger partial charge in [0.2, 0.25) is 0 Å². The standard InChI is InChI=1S/C16H16BrN3/c1-16(2,3)14-8-12(13(9-18)15(19)20-14)10-4-6-11(17)7-5-10/h4-8H,1-3H3,(H2,19,20). The quantitative estimate of drug-likeness (QED) is 0.850. The highest BCUT2D eigenvalue weighted by Crippen LogP contribution is 2.32. The first-order valence-corrected chi connectivity index (χ1v) is 7.09. The van der Waals surface area contributed by atoms with Crippen molar-refractivity contribution in [1.82, 2.24) is 4.98 Å². The molecule has 0 aliphatic rings. The van der Waals surface area contributed by atoms with Crippen LogP contribution in [0.3, 0.4) is 0 Å². The molecule has 0 atom stereocenters. The van der Waals surface area contributed by atoms with Gasteiger partial charge in [-0.25, -0.2) is 4.98 Å². The second-order valence-electron chi connectivity index (χ2n) is 5.68. The van der Waals surface area contributed by atoms with Gasteiger partial charge < -0.3 is 5.73 Å². The molecule has 1 aromatic carbocycles. The minimum Gasteiger partial charge on any atom is -0.383 e. The summed E-state index contributed by atoms with van der Waals surface area (Å²) >= 11 is 3.41. The van der Waals surface area contributed by atoms with E-state index in [9.17, 15) is 5.26 Å². The Morgan fingerprint density at radius 2 is 1.80 bits per heavy atom. The monoisotopic (exact) mass is 329 g/mol. The van der Waals surface area contributed by atoms with Crippen LogP contribution in [0.5, 0.6) is 0 Å². The molecule has 2 aromatic rings. The summed E-state index contributed by atoms with van der Waals surface area (Å²) in [6, 6.07) is 11.9. The average Bonchev–Trinajstić information content (AvgIpc) is 2.37. The Morgan fingerprint density at radius 3 is 2.30 bits per heavy atom. The molecular weight excluding hydrogens is 314 g/mol. The predicted octanol–water partition coefficient (Wildman–Crippen LogP) is 4.26. The number of nitrogen functional groups attached to an aromatic ring is 1. The first-order valence-electron chi connectivity index (χ1n) is 6.30. The third-order valence-corrected chi connectivity index (χ3v) is 3.61. The van der Waals surface area contributed by atoms with Gasteiger partial charge in [-0.1, -0.05) is 48.8 Å². The number of hydrogen-bond acceptors (Lipinski definition) is 3. The van der Waals surface area contributed by atoms with Crippen LogP contribution in [0.2, 0.25) is 0 Å². The molecule has 2 N–H and O–H groups in total. The molecule has 0 bridgehead atoms. The van der Waals surface area contributed by atoms with E-state index in [4.69, 9.17) is 5.73 Å². The van der Waals surface area contributed by atoms with Crippen molar-refractivity contribution in [2.45, 2.75) is 26.2 Å². The summed E-state index contributed by atoms with van der Waals surface area (Å²) in [6.45, 7) is 6.23. The molecule has 1 aromatic heterocycles. The van der Waals surface area contributed by atoms with Crippen molar-refractivity contribution >= 4 is 21.7 Å². The third kappa shape index (κ3) is 2.83. The van der Waals surface area contributed by atoms with Crippen LogP contribution >= 0.6 is 15.9 Å². The van der Waals surface area contributed by atoms with E-state index < -0.39 is 0 Å². The number of nitrogens with two attached hydrogens (primary N) is 1. The maximum Gasteiger partial charge on any atom is 0.142 e. The van der Waals surface area contributed by atoms with Crippen molar-refractivity contribution in [3.8, 4) is 17.2 Å². The number of pyridine rings is 1. The van der Waals surface area contributed by atoms with Crippen molar-refractivity contribution in [1.29, 1.82) is 5.26 Å². The topological polar surface area (TPSA) is 62.7 Å². The van der Waals surface area contributed by atoms with Gasteiger partial charge in [0.1, 0.15) is 17.5 Å². The summed E-state index contributed by atoms with van der Waals surface area (Å²) in [5.41, 5.74) is 8.94. The minimum absolute atomic E-state index is 0.119. The number of anilines is 1. The van der Waals surface area contributed by atoms with Crippen LogP contribution in [0.25, 0.3) is 11.1 Å². The minimum atomic E-state index is -0.119. The Morgan fingerprint density at radius 1 is 1.20 bits per heavy atom. The van der Waals surface area contributed by atoms with Crippen molar-refractivity contribution in [2.24, 2.45) is 0 Å². The van der Waals surface area contributed by atoms with Crippen LogP contribution in [-0.2, 0) is 5.41 Å². The molecular formula is C16H16BrN3. The number of rotatable bonds is 1. The smallest absolute Gasteiger partial charge is 0.142 e. The van der Waals surface area contributed by atoms with E-state index >= 15 is 0 Å². The van der Waals surface area contributed by atoms with Crippen molar-refractivity contribution in [2.75, 3.05) is 5.73 Å². The molecule has 0 aliphatic heterocycles. The predicted molar refractivity (Wildman–Crippen MR) is 85.2 cm³/mol. The lowest BCUT2D eigenvalue weighted by atomic mass is 9.88. The lowest BCUT2D eigenvalue weighted by molar-refractivity contribution is 0.570. The molecule has 0 spiro atoms. The summed E-state index contributed by atoms with van der Waals surface area (Å²) in [7, 11) is 0. The fraction of sp³-hybridized carbons (Fsp3) is 0.250. The molecule has 0 amide bonds. The lowest BCUT2D eigenvalue weighted by Crippen LogP contribution is -2.15. The molecule has 4 heteroatoms. The Bertz CT molecular complexity index is 677. The lowest BCUT2D eigenvalue weighted by Gasteiger charge is -2.20. The Kier molecular flexibility index (Phi) is 3.82. The van der Waals surface area contributed by atoms with Crippen LogP contribution in [-0.4, -0.2) is 4.98 Å². The fourth-order valence-corrected chi connectivity index (χ4v) is 2.19. The fourth-order valence-electron chi connectivity index (χ4n) is 1.92. The van der Waals surface area contributed by atoms with Gasteiger partial charge >= 0.3 is 0 Å². The number of benzene rings is 1. The van der Waals surface area contributed by atoms with E-state index in [0.717, 1.165) is 21.3 Å². The summed E-state index contributed by atoms with van der Waals surface area (Å²) in [5.74, 6) is 0.290. The zero-order chi connectivity index (χ0) is 14.9. The molecule has 102 valence electrons. The maximum atomic E-state index is 9.33. The molecule has 2 rings (SSSR count). The van der Waals surface area contributed by atoms with Crippen LogP contribution in [0, 0.1) is 11.3 Å². The van der Waals surface area contributed by atoms with Gasteiger partial charge in [-0.15, -0.1) is 0 Å². The molecule has 0 unspecified atom stereocenters. The number of nitriles is 1. The average molecular weight is 330 g/mol. The van der Waals surface area contributed by atoms with Crippen LogP contribution < -0.4 is 5.73 Å². The SMILES string of the molecule is CC(C)(C)c1cc(-c2ccc(Br)cc2)c(C#N)c(N)n1. The van der Waals surface area contributed by atoms with Crippen LogP contribution in [0.1, 0.15) is 32.0 Å². The molecule has 1 heterocycles. The Labute approximate surface area is 127 Å². The van der Waals surface area contributed by atoms with E-state index in [1.165, 1.54) is 0 Å². The molecule has 0 aliphatic carbocycles. The second kappa shape index (κ2) is 5.26. The highest BCUT2D eigenvalue weighted by Gasteiger charge is 2.20. The normalized spacial score (nSPS) is 11.2. The number of aromatic nitrogens is 1. The van der Waals surface area contributed by atoms with E-state index in [1.807, 2.05) is 30.3 Å².